The Morgan fingerprint density at radius 3 is 2.41 bits per heavy atom. The number of hydrogen-bond donors (Lipinski definition) is 1. The smallest absolute Gasteiger partial charge is 0.320 e. The van der Waals surface area contributed by atoms with E-state index in [1.165, 1.54) is 0 Å². The number of amides is 1. The zero-order valence-corrected chi connectivity index (χ0v) is 10.8. The molecule has 0 aromatic heterocycles. The molecule has 17 heavy (non-hydrogen) atoms. The Morgan fingerprint density at radius 2 is 1.94 bits per heavy atom. The van der Waals surface area contributed by atoms with Gasteiger partial charge >= 0.3 is 5.97 Å². The number of aliphatic carboxylic acids is 1. The molecule has 1 amide bonds. The second-order valence-corrected chi connectivity index (χ2v) is 4.99. The predicted octanol–water partition coefficient (Wildman–Crippen LogP) is 0.650. The van der Waals surface area contributed by atoms with Crippen LogP contribution >= 0.6 is 0 Å². The van der Waals surface area contributed by atoms with E-state index in [1.54, 1.807) is 18.9 Å². The lowest BCUT2D eigenvalue weighted by Gasteiger charge is -2.32. The van der Waals surface area contributed by atoms with Gasteiger partial charge in [0.25, 0.3) is 0 Å². The van der Waals surface area contributed by atoms with Gasteiger partial charge < -0.3 is 10.0 Å². The number of likely N-dealkylation sites (N-methyl/N-ethyl adjacent to an activating group) is 1. The number of carboxylic acid groups (broad SMARTS) is 1. The van der Waals surface area contributed by atoms with Crippen molar-refractivity contribution < 1.29 is 14.7 Å². The molecule has 0 aromatic rings. The van der Waals surface area contributed by atoms with E-state index in [0.717, 1.165) is 25.9 Å². The highest BCUT2D eigenvalue weighted by Gasteiger charge is 2.24. The fourth-order valence-electron chi connectivity index (χ4n) is 1.90. The van der Waals surface area contributed by atoms with Crippen LogP contribution in [0.3, 0.4) is 0 Å². The first kappa shape index (κ1) is 14.0. The van der Waals surface area contributed by atoms with E-state index in [2.05, 4.69) is 6.92 Å². The molecule has 1 atom stereocenters. The van der Waals surface area contributed by atoms with Gasteiger partial charge in [-0.1, -0.05) is 6.92 Å². The second-order valence-electron chi connectivity index (χ2n) is 4.99. The normalized spacial score (nSPS) is 19.4. The lowest BCUT2D eigenvalue weighted by Crippen LogP contribution is -2.46. The Hall–Kier alpha value is -1.10. The average Bonchev–Trinajstić information content (AvgIpc) is 2.28. The lowest BCUT2D eigenvalue weighted by molar-refractivity contribution is -0.143. The first-order valence-corrected chi connectivity index (χ1v) is 6.12. The third kappa shape index (κ3) is 4.00. The van der Waals surface area contributed by atoms with Gasteiger partial charge in [-0.2, -0.15) is 0 Å². The number of carbonyl (C=O) groups excluding carboxylic acids is 1. The molecule has 1 saturated heterocycles. The van der Waals surface area contributed by atoms with Crippen molar-refractivity contribution in [1.29, 1.82) is 0 Å². The van der Waals surface area contributed by atoms with Gasteiger partial charge in [-0.05, 0) is 32.7 Å². The number of likely N-dealkylation sites (tertiary alicyclic amines) is 1. The molecule has 1 aliphatic heterocycles. The first-order valence-electron chi connectivity index (χ1n) is 6.12. The zero-order valence-electron chi connectivity index (χ0n) is 10.8. The molecule has 1 N–H and O–H groups in total. The van der Waals surface area contributed by atoms with Crippen LogP contribution in [-0.2, 0) is 9.59 Å². The molecule has 0 bridgehead atoms. The van der Waals surface area contributed by atoms with Crippen molar-refractivity contribution in [2.24, 2.45) is 5.92 Å². The molecule has 1 rings (SSSR count). The maximum Gasteiger partial charge on any atom is 0.320 e. The average molecular weight is 242 g/mol. The highest BCUT2D eigenvalue weighted by molar-refractivity contribution is 5.80. The van der Waals surface area contributed by atoms with E-state index < -0.39 is 12.0 Å². The quantitative estimate of drug-likeness (QED) is 0.786. The van der Waals surface area contributed by atoms with Crippen LogP contribution in [0.1, 0.15) is 26.7 Å². The summed E-state index contributed by atoms with van der Waals surface area (Å²) in [5.74, 6) is -0.171. The van der Waals surface area contributed by atoms with E-state index in [4.69, 9.17) is 5.11 Å². The number of carbonyl (C=O) groups is 2. The van der Waals surface area contributed by atoms with Gasteiger partial charge in [0.15, 0.2) is 0 Å². The standard InChI is InChI=1S/C12H22N2O3/c1-9-4-6-14(7-5-9)11(15)8-13(3)10(2)12(16)17/h9-10H,4-8H2,1-3H3,(H,16,17)/t10-/m0/s1. The van der Waals surface area contributed by atoms with Gasteiger partial charge in [0, 0.05) is 13.1 Å². The molecule has 0 aromatic carbocycles. The largest absolute Gasteiger partial charge is 0.480 e. The van der Waals surface area contributed by atoms with Gasteiger partial charge in [-0.3, -0.25) is 14.5 Å². The van der Waals surface area contributed by atoms with Crippen LogP contribution in [0.15, 0.2) is 0 Å². The number of nitrogens with zero attached hydrogens (tertiary/aromatic N) is 2. The summed E-state index contributed by atoms with van der Waals surface area (Å²) in [6.45, 7) is 5.57. The third-order valence-corrected chi connectivity index (χ3v) is 3.54. The van der Waals surface area contributed by atoms with E-state index in [-0.39, 0.29) is 12.5 Å². The van der Waals surface area contributed by atoms with E-state index in [1.807, 2.05) is 4.90 Å². The van der Waals surface area contributed by atoms with Crippen LogP contribution < -0.4 is 0 Å². The molecule has 0 saturated carbocycles. The highest BCUT2D eigenvalue weighted by Crippen LogP contribution is 2.16. The second kappa shape index (κ2) is 6.00. The molecule has 0 unspecified atom stereocenters. The highest BCUT2D eigenvalue weighted by atomic mass is 16.4. The van der Waals surface area contributed by atoms with Gasteiger partial charge in [-0.25, -0.2) is 0 Å². The molecular weight excluding hydrogens is 220 g/mol. The summed E-state index contributed by atoms with van der Waals surface area (Å²) in [7, 11) is 1.67. The van der Waals surface area contributed by atoms with Crippen LogP contribution in [-0.4, -0.2) is 59.5 Å². The number of hydrogen-bond acceptors (Lipinski definition) is 3. The molecule has 0 aliphatic carbocycles. The fraction of sp³-hybridized carbons (Fsp3) is 0.833. The summed E-state index contributed by atoms with van der Waals surface area (Å²) in [6, 6.07) is -0.623. The summed E-state index contributed by atoms with van der Waals surface area (Å²) in [6.07, 6.45) is 2.09. The monoisotopic (exact) mass is 242 g/mol. The molecule has 0 radical (unpaired) electrons. The van der Waals surface area contributed by atoms with Crippen molar-refractivity contribution >= 4 is 11.9 Å². The molecule has 5 heteroatoms. The topological polar surface area (TPSA) is 60.9 Å². The molecule has 1 heterocycles. The third-order valence-electron chi connectivity index (χ3n) is 3.54. The van der Waals surface area contributed by atoms with Gasteiger partial charge in [0.2, 0.25) is 5.91 Å². The summed E-state index contributed by atoms with van der Waals surface area (Å²) in [5.41, 5.74) is 0. The maximum absolute atomic E-state index is 11.9. The van der Waals surface area contributed by atoms with Gasteiger partial charge in [-0.15, -0.1) is 0 Å². The van der Waals surface area contributed by atoms with Crippen molar-refractivity contribution in [3.05, 3.63) is 0 Å². The molecule has 1 aliphatic rings. The maximum atomic E-state index is 11.9. The number of rotatable bonds is 4. The van der Waals surface area contributed by atoms with E-state index >= 15 is 0 Å². The van der Waals surface area contributed by atoms with Crippen LogP contribution in [0.25, 0.3) is 0 Å². The van der Waals surface area contributed by atoms with Crippen LogP contribution in [0.4, 0.5) is 0 Å². The molecule has 5 nitrogen and oxygen atoms in total. The molecule has 1 fully saturated rings. The minimum Gasteiger partial charge on any atom is -0.480 e. The molecule has 0 spiro atoms. The fourth-order valence-corrected chi connectivity index (χ4v) is 1.90. The SMILES string of the molecule is CC1CCN(C(=O)CN(C)[C@@H](C)C(=O)O)CC1. The van der Waals surface area contributed by atoms with Gasteiger partial charge in [0.1, 0.15) is 6.04 Å². The zero-order chi connectivity index (χ0) is 13.0. The Kier molecular flexibility index (Phi) is 4.93. The predicted molar refractivity (Wildman–Crippen MR) is 64.7 cm³/mol. The Morgan fingerprint density at radius 1 is 1.41 bits per heavy atom. The number of carboxylic acids is 1. The summed E-state index contributed by atoms with van der Waals surface area (Å²) in [4.78, 5) is 26.1. The summed E-state index contributed by atoms with van der Waals surface area (Å²) in [5, 5.41) is 8.84. The Labute approximate surface area is 102 Å². The lowest BCUT2D eigenvalue weighted by atomic mass is 9.99. The van der Waals surface area contributed by atoms with Crippen LogP contribution in [0, 0.1) is 5.92 Å². The van der Waals surface area contributed by atoms with Crippen molar-refractivity contribution in [1.82, 2.24) is 9.80 Å². The van der Waals surface area contributed by atoms with Crippen molar-refractivity contribution in [3.63, 3.8) is 0 Å². The summed E-state index contributed by atoms with van der Waals surface area (Å²) >= 11 is 0. The summed E-state index contributed by atoms with van der Waals surface area (Å²) < 4.78 is 0. The van der Waals surface area contributed by atoms with E-state index in [9.17, 15) is 9.59 Å². The van der Waals surface area contributed by atoms with Crippen molar-refractivity contribution in [2.45, 2.75) is 32.7 Å². The number of piperidine rings is 1. The van der Waals surface area contributed by atoms with Crippen LogP contribution in [0.5, 0.6) is 0 Å². The first-order chi connectivity index (χ1) is 7.91. The minimum absolute atomic E-state index is 0.0347. The van der Waals surface area contributed by atoms with E-state index in [0.29, 0.717) is 5.92 Å². The van der Waals surface area contributed by atoms with Crippen LogP contribution in [0.2, 0.25) is 0 Å². The minimum atomic E-state index is -0.896. The Bertz CT molecular complexity index is 285. The Balaban J connectivity index is 2.41. The van der Waals surface area contributed by atoms with Gasteiger partial charge in [0.05, 0.1) is 6.54 Å². The van der Waals surface area contributed by atoms with Crippen molar-refractivity contribution in [3.8, 4) is 0 Å². The molecular formula is C12H22N2O3. The van der Waals surface area contributed by atoms with Crippen molar-refractivity contribution in [2.75, 3.05) is 26.7 Å². The molecule has 98 valence electrons.